The molecule has 1 fully saturated rings. The molecule has 1 aliphatic rings. The molecule has 2 unspecified atom stereocenters. The van der Waals surface area contributed by atoms with Gasteiger partial charge < -0.3 is 18.7 Å². The number of nitrogens with zero attached hydrogens (tertiary/aromatic N) is 1. The summed E-state index contributed by atoms with van der Waals surface area (Å²) in [4.78, 5) is 24.3. The minimum atomic E-state index is -2.06. The minimum Gasteiger partial charge on any atom is -0.465 e. The van der Waals surface area contributed by atoms with Gasteiger partial charge in [-0.2, -0.15) is 0 Å². The maximum atomic E-state index is 12.1. The topological polar surface area (TPSA) is 83.4 Å². The van der Waals surface area contributed by atoms with Gasteiger partial charge in [0.25, 0.3) is 8.32 Å². The second-order valence-corrected chi connectivity index (χ2v) is 13.2. The van der Waals surface area contributed by atoms with Gasteiger partial charge in [0.1, 0.15) is 11.1 Å². The number of esters is 2. The monoisotopic (exact) mass is 421 g/mol. The Morgan fingerprint density at radius 3 is 2.19 bits per heavy atom. The van der Waals surface area contributed by atoms with Crippen LogP contribution in [0.2, 0.25) is 18.1 Å². The fourth-order valence-electron chi connectivity index (χ4n) is 2.15. The number of carbonyl (C=O) groups is 2. The van der Waals surface area contributed by atoms with Crippen molar-refractivity contribution in [3.63, 3.8) is 0 Å². The van der Waals surface area contributed by atoms with Crippen molar-refractivity contribution in [2.75, 3.05) is 19.8 Å². The van der Waals surface area contributed by atoms with E-state index in [1.807, 2.05) is 0 Å². The molecule has 1 saturated heterocycles. The Balaban J connectivity index is 2.83. The molecule has 156 valence electrons. The summed E-state index contributed by atoms with van der Waals surface area (Å²) in [5.74, 6) is -2.34. The number of carbonyl (C=O) groups excluding carboxylic acids is 2. The molecule has 0 saturated carbocycles. The Morgan fingerprint density at radius 2 is 1.74 bits per heavy atom. The third-order valence-electron chi connectivity index (χ3n) is 4.90. The van der Waals surface area contributed by atoms with Crippen LogP contribution in [0.15, 0.2) is 5.16 Å². The van der Waals surface area contributed by atoms with E-state index in [4.69, 9.17) is 30.3 Å². The summed E-state index contributed by atoms with van der Waals surface area (Å²) in [6, 6.07) is 0. The van der Waals surface area contributed by atoms with Gasteiger partial charge in [0.15, 0.2) is 5.92 Å². The number of hydrogen-bond donors (Lipinski definition) is 0. The highest BCUT2D eigenvalue weighted by Gasteiger charge is 2.42. The lowest BCUT2D eigenvalue weighted by Crippen LogP contribution is -2.39. The molecule has 0 aromatic rings. The summed E-state index contributed by atoms with van der Waals surface area (Å²) in [6.45, 7) is 14.5. The maximum Gasteiger partial charge on any atom is 0.320 e. The van der Waals surface area contributed by atoms with Gasteiger partial charge in [-0.3, -0.25) is 9.59 Å². The van der Waals surface area contributed by atoms with Crippen molar-refractivity contribution in [1.29, 1.82) is 0 Å². The molecule has 1 aliphatic heterocycles. The zero-order valence-corrected chi connectivity index (χ0v) is 19.1. The van der Waals surface area contributed by atoms with Crippen molar-refractivity contribution >= 4 is 37.6 Å². The lowest BCUT2D eigenvalue weighted by molar-refractivity contribution is -0.163. The fraction of sp³-hybridized carbons (Fsp3) is 0.833. The minimum absolute atomic E-state index is 0.0106. The van der Waals surface area contributed by atoms with Crippen LogP contribution in [0.3, 0.4) is 0 Å². The van der Waals surface area contributed by atoms with E-state index in [-0.39, 0.29) is 31.3 Å². The lowest BCUT2D eigenvalue weighted by Gasteiger charge is -2.33. The molecular formula is C18H32ClNO6Si. The maximum absolute atomic E-state index is 12.1. The van der Waals surface area contributed by atoms with Crippen LogP contribution in [0.1, 0.15) is 41.0 Å². The molecule has 0 bridgehead atoms. The van der Waals surface area contributed by atoms with Crippen molar-refractivity contribution < 1.29 is 28.3 Å². The standard InChI is InChI=1S/C18H32ClNO6Si/c1-8-23-16(21)12(17(22)24-9-2)10-14-15(19)13(11-25-14)20-26-27(6,7)18(3,4)5/h12,14-15H,8-11H2,1-7H3/b20-13-. The number of halogens is 1. The first-order valence-electron chi connectivity index (χ1n) is 9.28. The van der Waals surface area contributed by atoms with E-state index in [1.54, 1.807) is 13.8 Å². The molecule has 9 heteroatoms. The third-order valence-corrected chi connectivity index (χ3v) is 9.59. The molecule has 1 rings (SSSR count). The first-order valence-corrected chi connectivity index (χ1v) is 12.6. The summed E-state index contributed by atoms with van der Waals surface area (Å²) < 4.78 is 21.5. The summed E-state index contributed by atoms with van der Waals surface area (Å²) in [5, 5.41) is 3.68. The molecule has 1 heterocycles. The molecule has 2 atom stereocenters. The van der Waals surface area contributed by atoms with Crippen molar-refractivity contribution in [2.45, 2.75) is 70.7 Å². The predicted molar refractivity (Wildman–Crippen MR) is 106 cm³/mol. The lowest BCUT2D eigenvalue weighted by atomic mass is 9.99. The molecule has 0 radical (unpaired) electrons. The molecule has 0 aromatic heterocycles. The quantitative estimate of drug-likeness (QED) is 0.196. The first-order chi connectivity index (χ1) is 12.4. The van der Waals surface area contributed by atoms with Gasteiger partial charge in [-0.05, 0) is 38.4 Å². The Morgan fingerprint density at radius 1 is 1.22 bits per heavy atom. The summed E-state index contributed by atoms with van der Waals surface area (Å²) in [7, 11) is -2.06. The van der Waals surface area contributed by atoms with E-state index in [0.29, 0.717) is 5.71 Å². The smallest absolute Gasteiger partial charge is 0.320 e. The number of ether oxygens (including phenoxy) is 3. The molecule has 0 aliphatic carbocycles. The van der Waals surface area contributed by atoms with Crippen LogP contribution < -0.4 is 0 Å². The van der Waals surface area contributed by atoms with Crippen LogP contribution >= 0.6 is 11.6 Å². The average molecular weight is 422 g/mol. The second kappa shape index (κ2) is 9.89. The number of hydrogen-bond acceptors (Lipinski definition) is 7. The van der Waals surface area contributed by atoms with Gasteiger partial charge in [-0.25, -0.2) is 0 Å². The van der Waals surface area contributed by atoms with Crippen LogP contribution in [0.4, 0.5) is 0 Å². The van der Waals surface area contributed by atoms with E-state index in [9.17, 15) is 9.59 Å². The Kier molecular flexibility index (Phi) is 8.76. The van der Waals surface area contributed by atoms with E-state index in [2.05, 4.69) is 39.0 Å². The molecule has 0 N–H and O–H groups in total. The summed E-state index contributed by atoms with van der Waals surface area (Å²) in [6.07, 6.45) is -0.474. The number of alkyl halides is 1. The van der Waals surface area contributed by atoms with Gasteiger partial charge in [-0.15, -0.1) is 16.8 Å². The molecule has 0 spiro atoms. The van der Waals surface area contributed by atoms with Gasteiger partial charge in [0.2, 0.25) is 0 Å². The number of rotatable bonds is 8. The van der Waals surface area contributed by atoms with Gasteiger partial charge in [-0.1, -0.05) is 20.8 Å². The summed E-state index contributed by atoms with van der Waals surface area (Å²) in [5.41, 5.74) is 0.568. The van der Waals surface area contributed by atoms with E-state index in [1.165, 1.54) is 0 Å². The van der Waals surface area contributed by atoms with Crippen LogP contribution in [-0.2, 0) is 28.3 Å². The van der Waals surface area contributed by atoms with Crippen molar-refractivity contribution in [1.82, 2.24) is 0 Å². The highest BCUT2D eigenvalue weighted by Crippen LogP contribution is 2.37. The highest BCUT2D eigenvalue weighted by atomic mass is 35.5. The Labute approximate surface area is 167 Å². The van der Waals surface area contributed by atoms with Crippen LogP contribution in [0.25, 0.3) is 0 Å². The molecule has 0 aromatic carbocycles. The molecule has 7 nitrogen and oxygen atoms in total. The largest absolute Gasteiger partial charge is 0.465 e. The third kappa shape index (κ3) is 6.46. The van der Waals surface area contributed by atoms with Gasteiger partial charge in [0, 0.05) is 0 Å². The van der Waals surface area contributed by atoms with Gasteiger partial charge >= 0.3 is 11.9 Å². The first kappa shape index (κ1) is 23.9. The van der Waals surface area contributed by atoms with Gasteiger partial charge in [0.05, 0.1) is 25.9 Å². The molecule has 0 amide bonds. The SMILES string of the molecule is CCOC(=O)C(CC1OC/C(=N/O[Si](C)(C)C(C)(C)C)C1Cl)C(=O)OCC. The predicted octanol–water partition coefficient (Wildman–Crippen LogP) is 3.50. The normalized spacial score (nSPS) is 22.2. The van der Waals surface area contributed by atoms with Crippen LogP contribution in [0, 0.1) is 5.92 Å². The van der Waals surface area contributed by atoms with Crippen molar-refractivity contribution in [2.24, 2.45) is 11.1 Å². The Hall–Kier alpha value is -1.12. The number of oxime groups is 1. The van der Waals surface area contributed by atoms with E-state index in [0.717, 1.165) is 0 Å². The highest BCUT2D eigenvalue weighted by molar-refractivity contribution is 6.74. The second-order valence-electron chi connectivity index (χ2n) is 7.98. The van der Waals surface area contributed by atoms with Crippen molar-refractivity contribution in [3.05, 3.63) is 0 Å². The average Bonchev–Trinajstić information content (AvgIpc) is 2.90. The van der Waals surface area contributed by atoms with Crippen molar-refractivity contribution in [3.8, 4) is 0 Å². The van der Waals surface area contributed by atoms with Crippen LogP contribution in [-0.4, -0.2) is 57.3 Å². The van der Waals surface area contributed by atoms with E-state index >= 15 is 0 Å². The van der Waals surface area contributed by atoms with Crippen LogP contribution in [0.5, 0.6) is 0 Å². The zero-order chi connectivity index (χ0) is 20.8. The molecular weight excluding hydrogens is 390 g/mol. The fourth-order valence-corrected chi connectivity index (χ4v) is 3.05. The Bertz CT molecular complexity index is 543. The zero-order valence-electron chi connectivity index (χ0n) is 17.3. The van der Waals surface area contributed by atoms with E-state index < -0.39 is 37.7 Å². The molecule has 27 heavy (non-hydrogen) atoms. The summed E-state index contributed by atoms with van der Waals surface area (Å²) >= 11 is 6.47.